The van der Waals surface area contributed by atoms with Crippen LogP contribution in [0.25, 0.3) is 0 Å². The van der Waals surface area contributed by atoms with Crippen LogP contribution in [-0.4, -0.2) is 18.5 Å². The first-order valence-corrected chi connectivity index (χ1v) is 6.61. The number of halogens is 1. The Morgan fingerprint density at radius 1 is 1.33 bits per heavy atom. The molecular formula is C15H14ClNO4. The SMILES string of the molecule is Cc1cc(C)c(NC(=O)COC(=O)c2ccoc2)c(Cl)c1. The lowest BCUT2D eigenvalue weighted by atomic mass is 10.1. The largest absolute Gasteiger partial charge is 0.472 e. The number of carbonyl (C=O) groups excluding carboxylic acids is 2. The number of aryl methyl sites for hydroxylation is 2. The van der Waals surface area contributed by atoms with Crippen molar-refractivity contribution in [3.8, 4) is 0 Å². The molecule has 1 N–H and O–H groups in total. The van der Waals surface area contributed by atoms with Crippen LogP contribution < -0.4 is 5.32 Å². The molecule has 1 amide bonds. The number of furan rings is 1. The standard InChI is InChI=1S/C15H14ClNO4/c1-9-5-10(2)14(12(16)6-9)17-13(18)8-21-15(19)11-3-4-20-7-11/h3-7H,8H2,1-2H3,(H,17,18). The molecule has 0 aliphatic rings. The average molecular weight is 308 g/mol. The molecule has 1 heterocycles. The summed E-state index contributed by atoms with van der Waals surface area (Å²) in [7, 11) is 0. The van der Waals surface area contributed by atoms with E-state index >= 15 is 0 Å². The number of rotatable bonds is 4. The molecule has 5 nitrogen and oxygen atoms in total. The van der Waals surface area contributed by atoms with Gasteiger partial charge in [-0.05, 0) is 37.1 Å². The van der Waals surface area contributed by atoms with Crippen LogP contribution in [0, 0.1) is 13.8 Å². The molecule has 0 saturated heterocycles. The number of ether oxygens (including phenoxy) is 1. The monoisotopic (exact) mass is 307 g/mol. The summed E-state index contributed by atoms with van der Waals surface area (Å²) in [5.41, 5.74) is 2.62. The van der Waals surface area contributed by atoms with Crippen LogP contribution in [0.5, 0.6) is 0 Å². The van der Waals surface area contributed by atoms with Gasteiger partial charge in [0.05, 0.1) is 22.5 Å². The fourth-order valence-corrected chi connectivity index (χ4v) is 2.21. The Kier molecular flexibility index (Phi) is 4.65. The topological polar surface area (TPSA) is 68.5 Å². The molecule has 6 heteroatoms. The van der Waals surface area contributed by atoms with Gasteiger partial charge in [0.15, 0.2) is 6.61 Å². The van der Waals surface area contributed by atoms with Crippen molar-refractivity contribution in [1.82, 2.24) is 0 Å². The molecule has 21 heavy (non-hydrogen) atoms. The van der Waals surface area contributed by atoms with Gasteiger partial charge >= 0.3 is 5.97 Å². The highest BCUT2D eigenvalue weighted by molar-refractivity contribution is 6.34. The molecule has 0 spiro atoms. The Morgan fingerprint density at radius 3 is 2.71 bits per heavy atom. The summed E-state index contributed by atoms with van der Waals surface area (Å²) in [4.78, 5) is 23.4. The Morgan fingerprint density at radius 2 is 2.10 bits per heavy atom. The number of benzene rings is 1. The minimum atomic E-state index is -0.620. The first-order valence-electron chi connectivity index (χ1n) is 6.23. The third-order valence-corrected chi connectivity index (χ3v) is 3.09. The number of esters is 1. The van der Waals surface area contributed by atoms with Gasteiger partial charge in [-0.15, -0.1) is 0 Å². The maximum Gasteiger partial charge on any atom is 0.341 e. The number of anilines is 1. The highest BCUT2D eigenvalue weighted by Crippen LogP contribution is 2.27. The Hall–Kier alpha value is -2.27. The minimum Gasteiger partial charge on any atom is -0.472 e. The normalized spacial score (nSPS) is 10.2. The molecule has 2 aromatic rings. The highest BCUT2D eigenvalue weighted by atomic mass is 35.5. The van der Waals surface area contributed by atoms with E-state index in [2.05, 4.69) is 5.32 Å². The van der Waals surface area contributed by atoms with E-state index < -0.39 is 18.5 Å². The quantitative estimate of drug-likeness (QED) is 0.880. The summed E-state index contributed by atoms with van der Waals surface area (Å²) in [5.74, 6) is -1.08. The maximum absolute atomic E-state index is 11.8. The molecular weight excluding hydrogens is 294 g/mol. The first kappa shape index (κ1) is 15.1. The molecule has 1 aromatic carbocycles. The van der Waals surface area contributed by atoms with Crippen LogP contribution >= 0.6 is 11.6 Å². The molecule has 0 saturated carbocycles. The van der Waals surface area contributed by atoms with E-state index in [9.17, 15) is 9.59 Å². The van der Waals surface area contributed by atoms with Gasteiger partial charge in [0.1, 0.15) is 6.26 Å². The summed E-state index contributed by atoms with van der Waals surface area (Å²) in [6.07, 6.45) is 2.60. The zero-order valence-electron chi connectivity index (χ0n) is 11.6. The van der Waals surface area contributed by atoms with E-state index in [1.807, 2.05) is 19.9 Å². The fourth-order valence-electron chi connectivity index (χ4n) is 1.84. The van der Waals surface area contributed by atoms with Crippen LogP contribution in [-0.2, 0) is 9.53 Å². The van der Waals surface area contributed by atoms with Gasteiger partial charge in [0.25, 0.3) is 5.91 Å². The molecule has 0 aliphatic heterocycles. The average Bonchev–Trinajstić information content (AvgIpc) is 2.94. The minimum absolute atomic E-state index is 0.257. The second kappa shape index (κ2) is 6.45. The second-order valence-electron chi connectivity index (χ2n) is 4.57. The molecule has 110 valence electrons. The van der Waals surface area contributed by atoms with Crippen molar-refractivity contribution >= 4 is 29.2 Å². The van der Waals surface area contributed by atoms with Crippen molar-refractivity contribution in [2.75, 3.05) is 11.9 Å². The van der Waals surface area contributed by atoms with Crippen LogP contribution in [0.2, 0.25) is 5.02 Å². The first-order chi connectivity index (χ1) is 9.97. The summed E-state index contributed by atoms with van der Waals surface area (Å²) in [6, 6.07) is 5.11. The molecule has 0 unspecified atom stereocenters. The fraction of sp³-hybridized carbons (Fsp3) is 0.200. The third-order valence-electron chi connectivity index (χ3n) is 2.79. The summed E-state index contributed by atoms with van der Waals surface area (Å²) >= 11 is 6.09. The summed E-state index contributed by atoms with van der Waals surface area (Å²) in [6.45, 7) is 3.36. The van der Waals surface area contributed by atoms with E-state index in [0.29, 0.717) is 10.7 Å². The number of hydrogen-bond acceptors (Lipinski definition) is 4. The van der Waals surface area contributed by atoms with Crippen LogP contribution in [0.3, 0.4) is 0 Å². The van der Waals surface area contributed by atoms with E-state index in [-0.39, 0.29) is 5.56 Å². The molecule has 0 aliphatic carbocycles. The van der Waals surface area contributed by atoms with Crippen molar-refractivity contribution < 1.29 is 18.7 Å². The van der Waals surface area contributed by atoms with Gasteiger partial charge in [-0.25, -0.2) is 4.79 Å². The Balaban J connectivity index is 1.95. The highest BCUT2D eigenvalue weighted by Gasteiger charge is 2.13. The van der Waals surface area contributed by atoms with Gasteiger partial charge in [0, 0.05) is 0 Å². The van der Waals surface area contributed by atoms with Crippen molar-refractivity contribution in [2.24, 2.45) is 0 Å². The van der Waals surface area contributed by atoms with Gasteiger partial charge in [-0.2, -0.15) is 0 Å². The lowest BCUT2D eigenvalue weighted by Gasteiger charge is -2.11. The molecule has 0 fully saturated rings. The van der Waals surface area contributed by atoms with E-state index in [4.69, 9.17) is 20.8 Å². The summed E-state index contributed by atoms with van der Waals surface area (Å²) < 4.78 is 9.63. The van der Waals surface area contributed by atoms with Crippen molar-refractivity contribution in [3.05, 3.63) is 52.4 Å². The van der Waals surface area contributed by atoms with Crippen LogP contribution in [0.15, 0.2) is 35.1 Å². The lowest BCUT2D eigenvalue weighted by Crippen LogP contribution is -2.21. The molecule has 0 atom stereocenters. The van der Waals surface area contributed by atoms with Crippen molar-refractivity contribution in [2.45, 2.75) is 13.8 Å². The molecule has 2 rings (SSSR count). The lowest BCUT2D eigenvalue weighted by molar-refractivity contribution is -0.119. The zero-order chi connectivity index (χ0) is 15.4. The van der Waals surface area contributed by atoms with Crippen LogP contribution in [0.4, 0.5) is 5.69 Å². The summed E-state index contributed by atoms with van der Waals surface area (Å²) in [5, 5.41) is 3.08. The smallest absolute Gasteiger partial charge is 0.341 e. The van der Waals surface area contributed by atoms with Gasteiger partial charge in [0.2, 0.25) is 0 Å². The molecule has 0 bridgehead atoms. The number of carbonyl (C=O) groups is 2. The zero-order valence-corrected chi connectivity index (χ0v) is 12.4. The van der Waals surface area contributed by atoms with Crippen molar-refractivity contribution in [1.29, 1.82) is 0 Å². The number of amides is 1. The van der Waals surface area contributed by atoms with E-state index in [1.165, 1.54) is 18.6 Å². The van der Waals surface area contributed by atoms with Crippen LogP contribution in [0.1, 0.15) is 21.5 Å². The molecule has 0 radical (unpaired) electrons. The Bertz CT molecular complexity index is 641. The number of hydrogen-bond donors (Lipinski definition) is 1. The van der Waals surface area contributed by atoms with E-state index in [0.717, 1.165) is 11.1 Å². The van der Waals surface area contributed by atoms with Gasteiger partial charge in [-0.1, -0.05) is 17.7 Å². The van der Waals surface area contributed by atoms with Gasteiger partial charge in [-0.3, -0.25) is 4.79 Å². The van der Waals surface area contributed by atoms with E-state index in [1.54, 1.807) is 6.07 Å². The predicted molar refractivity (Wildman–Crippen MR) is 78.5 cm³/mol. The number of nitrogens with one attached hydrogen (secondary N) is 1. The third kappa shape index (κ3) is 3.86. The maximum atomic E-state index is 11.8. The molecule has 1 aromatic heterocycles. The second-order valence-corrected chi connectivity index (χ2v) is 4.98. The Labute approximate surface area is 126 Å². The van der Waals surface area contributed by atoms with Crippen molar-refractivity contribution in [3.63, 3.8) is 0 Å². The predicted octanol–water partition coefficient (Wildman–Crippen LogP) is 3.35. The van der Waals surface area contributed by atoms with Gasteiger partial charge < -0.3 is 14.5 Å².